The monoisotopic (exact) mass is 411 g/mol. The number of benzene rings is 1. The SMILES string of the molecule is CC1=C(C(=O)OC(C)(C)C)[C@@H](c2cc3ccc(C)cc3nc2Cl)C(C#N)=C(N)O1. The average Bonchev–Trinajstić information content (AvgIpc) is 2.58. The first-order chi connectivity index (χ1) is 13.5. The molecule has 0 saturated carbocycles. The number of nitriles is 1. The van der Waals surface area contributed by atoms with Crippen molar-refractivity contribution < 1.29 is 14.3 Å². The number of carbonyl (C=O) groups is 1. The third-order valence-electron chi connectivity index (χ3n) is 4.49. The highest BCUT2D eigenvalue weighted by Crippen LogP contribution is 2.42. The van der Waals surface area contributed by atoms with Crippen molar-refractivity contribution >= 4 is 28.5 Å². The van der Waals surface area contributed by atoms with Gasteiger partial charge in [-0.05, 0) is 52.3 Å². The lowest BCUT2D eigenvalue weighted by Gasteiger charge is -2.29. The van der Waals surface area contributed by atoms with Crippen LogP contribution in [0.3, 0.4) is 0 Å². The number of aryl methyl sites for hydroxylation is 1. The minimum absolute atomic E-state index is 0.0672. The Balaban J connectivity index is 2.24. The number of aromatic nitrogens is 1. The fraction of sp³-hybridized carbons (Fsp3) is 0.318. The van der Waals surface area contributed by atoms with Crippen molar-refractivity contribution in [1.29, 1.82) is 5.26 Å². The number of carbonyl (C=O) groups excluding carboxylic acids is 1. The molecule has 0 unspecified atom stereocenters. The molecular weight excluding hydrogens is 390 g/mol. The van der Waals surface area contributed by atoms with Gasteiger partial charge in [0.1, 0.15) is 28.2 Å². The zero-order valence-electron chi connectivity index (χ0n) is 17.0. The molecule has 0 fully saturated rings. The molecule has 1 aromatic carbocycles. The molecule has 1 aliphatic heterocycles. The summed E-state index contributed by atoms with van der Waals surface area (Å²) in [5, 5.41) is 10.8. The number of nitrogens with two attached hydrogens (primary N) is 1. The highest BCUT2D eigenvalue weighted by Gasteiger charge is 2.39. The second-order valence-electron chi connectivity index (χ2n) is 7.96. The molecule has 3 rings (SSSR count). The highest BCUT2D eigenvalue weighted by molar-refractivity contribution is 6.30. The van der Waals surface area contributed by atoms with Crippen molar-refractivity contribution in [1.82, 2.24) is 4.98 Å². The molecule has 7 heteroatoms. The average molecular weight is 412 g/mol. The molecule has 0 spiro atoms. The number of ether oxygens (including phenoxy) is 2. The van der Waals surface area contributed by atoms with Gasteiger partial charge in [0.05, 0.1) is 17.0 Å². The van der Waals surface area contributed by atoms with Crippen LogP contribution in [0.15, 0.2) is 47.1 Å². The molecular formula is C22H22ClN3O3. The van der Waals surface area contributed by atoms with Gasteiger partial charge < -0.3 is 15.2 Å². The molecule has 150 valence electrons. The van der Waals surface area contributed by atoms with Crippen molar-refractivity contribution in [2.75, 3.05) is 0 Å². The van der Waals surface area contributed by atoms with Crippen molar-refractivity contribution in [3.63, 3.8) is 0 Å². The van der Waals surface area contributed by atoms with E-state index in [2.05, 4.69) is 11.1 Å². The number of hydrogen-bond acceptors (Lipinski definition) is 6. The summed E-state index contributed by atoms with van der Waals surface area (Å²) in [6, 6.07) is 9.67. The van der Waals surface area contributed by atoms with Gasteiger partial charge in [-0.1, -0.05) is 23.7 Å². The van der Waals surface area contributed by atoms with E-state index in [-0.39, 0.29) is 27.9 Å². The van der Waals surface area contributed by atoms with Crippen LogP contribution in [-0.4, -0.2) is 16.6 Å². The number of rotatable bonds is 2. The molecule has 29 heavy (non-hydrogen) atoms. The number of allylic oxidation sites excluding steroid dienone is 2. The van der Waals surface area contributed by atoms with E-state index in [0.29, 0.717) is 5.56 Å². The van der Waals surface area contributed by atoms with E-state index >= 15 is 0 Å². The van der Waals surface area contributed by atoms with E-state index in [9.17, 15) is 10.1 Å². The lowest BCUT2D eigenvalue weighted by molar-refractivity contribution is -0.150. The molecule has 1 atom stereocenters. The number of pyridine rings is 1. The number of nitrogens with zero attached hydrogens (tertiary/aromatic N) is 2. The largest absolute Gasteiger partial charge is 0.456 e. The summed E-state index contributed by atoms with van der Waals surface area (Å²) in [5.41, 5.74) is 7.77. The van der Waals surface area contributed by atoms with Crippen LogP contribution in [0.2, 0.25) is 5.15 Å². The van der Waals surface area contributed by atoms with Crippen molar-refractivity contribution in [3.05, 3.63) is 63.3 Å². The Labute approximate surface area is 174 Å². The fourth-order valence-corrected chi connectivity index (χ4v) is 3.52. The van der Waals surface area contributed by atoms with Crippen molar-refractivity contribution in [3.8, 4) is 6.07 Å². The van der Waals surface area contributed by atoms with Gasteiger partial charge >= 0.3 is 5.97 Å². The predicted octanol–water partition coefficient (Wildman–Crippen LogP) is 4.62. The Hall–Kier alpha value is -3.04. The molecule has 0 bridgehead atoms. The second-order valence-corrected chi connectivity index (χ2v) is 8.32. The van der Waals surface area contributed by atoms with Gasteiger partial charge in [0.15, 0.2) is 0 Å². The maximum atomic E-state index is 13.0. The fourth-order valence-electron chi connectivity index (χ4n) is 3.26. The first kappa shape index (κ1) is 20.7. The first-order valence-electron chi connectivity index (χ1n) is 9.10. The van der Waals surface area contributed by atoms with E-state index < -0.39 is 17.5 Å². The Bertz CT molecular complexity index is 1120. The Morgan fingerprint density at radius 1 is 1.31 bits per heavy atom. The summed E-state index contributed by atoms with van der Waals surface area (Å²) in [4.78, 5) is 17.5. The number of hydrogen-bond donors (Lipinski definition) is 1. The van der Waals surface area contributed by atoms with Crippen LogP contribution in [0.4, 0.5) is 0 Å². The summed E-state index contributed by atoms with van der Waals surface area (Å²) in [6.07, 6.45) is 0. The first-order valence-corrected chi connectivity index (χ1v) is 9.48. The van der Waals surface area contributed by atoms with Gasteiger partial charge in [-0.25, -0.2) is 9.78 Å². The second kappa shape index (κ2) is 7.41. The molecule has 1 aromatic heterocycles. The molecule has 0 aliphatic carbocycles. The lowest BCUT2D eigenvalue weighted by atomic mass is 9.83. The van der Waals surface area contributed by atoms with Crippen LogP contribution in [0.5, 0.6) is 0 Å². The van der Waals surface area contributed by atoms with E-state index in [1.54, 1.807) is 27.7 Å². The topological polar surface area (TPSA) is 98.2 Å². The Morgan fingerprint density at radius 3 is 2.62 bits per heavy atom. The number of fused-ring (bicyclic) bond motifs is 1. The minimum atomic E-state index is -0.839. The summed E-state index contributed by atoms with van der Waals surface area (Å²) < 4.78 is 11.0. The quantitative estimate of drug-likeness (QED) is 0.571. The van der Waals surface area contributed by atoms with Crippen LogP contribution >= 0.6 is 11.6 Å². The standard InChI is InChI=1S/C22H22ClN3O3/c1-11-6-7-13-9-14(19(23)26-16(13)8-11)18-15(10-24)20(25)28-12(2)17(18)21(27)29-22(3,4)5/h6-9,18H,25H2,1-5H3/t18-/m0/s1. The van der Waals surface area contributed by atoms with Crippen LogP contribution in [0, 0.1) is 18.3 Å². The van der Waals surface area contributed by atoms with Gasteiger partial charge in [-0.3, -0.25) is 0 Å². The van der Waals surface area contributed by atoms with E-state index in [4.69, 9.17) is 26.8 Å². The summed E-state index contributed by atoms with van der Waals surface area (Å²) in [7, 11) is 0. The maximum absolute atomic E-state index is 13.0. The summed E-state index contributed by atoms with van der Waals surface area (Å²) in [5.74, 6) is -1.24. The van der Waals surface area contributed by atoms with Crippen LogP contribution in [-0.2, 0) is 14.3 Å². The van der Waals surface area contributed by atoms with Crippen LogP contribution in [0.25, 0.3) is 10.9 Å². The molecule has 0 radical (unpaired) electrons. The summed E-state index contributed by atoms with van der Waals surface area (Å²) in [6.45, 7) is 8.87. The molecule has 0 saturated heterocycles. The molecule has 6 nitrogen and oxygen atoms in total. The third-order valence-corrected chi connectivity index (χ3v) is 4.79. The lowest BCUT2D eigenvalue weighted by Crippen LogP contribution is -2.30. The maximum Gasteiger partial charge on any atom is 0.338 e. The Morgan fingerprint density at radius 2 is 2.00 bits per heavy atom. The number of esters is 1. The molecule has 2 N–H and O–H groups in total. The van der Waals surface area contributed by atoms with Crippen LogP contribution < -0.4 is 5.73 Å². The number of halogens is 1. The zero-order valence-corrected chi connectivity index (χ0v) is 17.7. The molecule has 2 aromatic rings. The normalized spacial score (nSPS) is 17.2. The van der Waals surface area contributed by atoms with Gasteiger partial charge in [0.2, 0.25) is 5.88 Å². The van der Waals surface area contributed by atoms with E-state index in [0.717, 1.165) is 16.5 Å². The molecule has 1 aliphatic rings. The van der Waals surface area contributed by atoms with Gasteiger partial charge in [-0.2, -0.15) is 5.26 Å². The molecule has 2 heterocycles. The van der Waals surface area contributed by atoms with Crippen molar-refractivity contribution in [2.24, 2.45) is 5.73 Å². The van der Waals surface area contributed by atoms with Crippen LogP contribution in [0.1, 0.15) is 44.7 Å². The van der Waals surface area contributed by atoms with Gasteiger partial charge in [0.25, 0.3) is 0 Å². The third kappa shape index (κ3) is 4.06. The predicted molar refractivity (Wildman–Crippen MR) is 111 cm³/mol. The molecule has 0 amide bonds. The smallest absolute Gasteiger partial charge is 0.338 e. The minimum Gasteiger partial charge on any atom is -0.456 e. The highest BCUT2D eigenvalue weighted by atomic mass is 35.5. The van der Waals surface area contributed by atoms with Gasteiger partial charge in [-0.15, -0.1) is 0 Å². The van der Waals surface area contributed by atoms with E-state index in [1.807, 2.05) is 31.2 Å². The summed E-state index contributed by atoms with van der Waals surface area (Å²) >= 11 is 6.51. The Kier molecular flexibility index (Phi) is 5.29. The zero-order chi connectivity index (χ0) is 21.5. The van der Waals surface area contributed by atoms with Crippen molar-refractivity contribution in [2.45, 2.75) is 46.1 Å². The van der Waals surface area contributed by atoms with E-state index in [1.165, 1.54) is 0 Å². The van der Waals surface area contributed by atoms with Gasteiger partial charge in [0, 0.05) is 10.9 Å².